The molecule has 1 aliphatic rings. The maximum Gasteiger partial charge on any atom is 0.416 e. The third-order valence-electron chi connectivity index (χ3n) is 6.72. The number of carbonyl (C=O) groups is 3. The van der Waals surface area contributed by atoms with Crippen LogP contribution < -0.4 is 0 Å². The highest BCUT2D eigenvalue weighted by Crippen LogP contribution is 2.28. The van der Waals surface area contributed by atoms with Gasteiger partial charge in [-0.3, -0.25) is 9.59 Å². The number of imide groups is 1. The number of ether oxygens (including phenoxy) is 1. The van der Waals surface area contributed by atoms with Crippen molar-refractivity contribution < 1.29 is 19.1 Å². The zero-order chi connectivity index (χ0) is 24.9. The minimum absolute atomic E-state index is 0.0139. The molecular formula is C29H32N2O4. The Morgan fingerprint density at radius 2 is 1.69 bits per heavy atom. The van der Waals surface area contributed by atoms with Crippen LogP contribution in [-0.2, 0) is 27.3 Å². The van der Waals surface area contributed by atoms with Gasteiger partial charge in [0.1, 0.15) is 6.61 Å². The van der Waals surface area contributed by atoms with Crippen molar-refractivity contribution in [3.63, 3.8) is 0 Å². The fourth-order valence-corrected chi connectivity index (χ4v) is 4.67. The molecule has 0 N–H and O–H groups in total. The molecular weight excluding hydrogens is 440 g/mol. The van der Waals surface area contributed by atoms with E-state index in [0.29, 0.717) is 13.0 Å². The Hall–Kier alpha value is -3.67. The monoisotopic (exact) mass is 472 g/mol. The second-order valence-electron chi connectivity index (χ2n) is 9.58. The number of carbonyl (C=O) groups excluding carboxylic acids is 3. The molecule has 3 aromatic carbocycles. The first-order chi connectivity index (χ1) is 16.8. The van der Waals surface area contributed by atoms with Crippen molar-refractivity contribution in [3.05, 3.63) is 83.9 Å². The number of hydrogen-bond donors (Lipinski definition) is 0. The van der Waals surface area contributed by atoms with Crippen LogP contribution in [0.1, 0.15) is 31.4 Å². The molecule has 6 nitrogen and oxygen atoms in total. The first-order valence-electron chi connectivity index (χ1n) is 12.1. The van der Waals surface area contributed by atoms with E-state index < -0.39 is 12.0 Å². The van der Waals surface area contributed by atoms with Gasteiger partial charge in [0.05, 0.1) is 12.0 Å². The Balaban J connectivity index is 1.61. The molecule has 3 amide bonds. The Bertz CT molecular complexity index is 1200. The Morgan fingerprint density at radius 3 is 2.43 bits per heavy atom. The van der Waals surface area contributed by atoms with Crippen LogP contribution in [0.25, 0.3) is 10.8 Å². The summed E-state index contributed by atoms with van der Waals surface area (Å²) in [5, 5.41) is 2.12. The first-order valence-corrected chi connectivity index (χ1v) is 12.1. The Kier molecular flexibility index (Phi) is 7.49. The van der Waals surface area contributed by atoms with Gasteiger partial charge in [-0.15, -0.1) is 0 Å². The fourth-order valence-electron chi connectivity index (χ4n) is 4.67. The summed E-state index contributed by atoms with van der Waals surface area (Å²) in [7, 11) is 1.75. The van der Waals surface area contributed by atoms with Crippen molar-refractivity contribution in [1.82, 2.24) is 9.80 Å². The van der Waals surface area contributed by atoms with E-state index in [0.717, 1.165) is 21.9 Å². The van der Waals surface area contributed by atoms with Crippen molar-refractivity contribution in [3.8, 4) is 0 Å². The lowest BCUT2D eigenvalue weighted by Crippen LogP contribution is -2.46. The molecule has 35 heavy (non-hydrogen) atoms. The molecule has 182 valence electrons. The van der Waals surface area contributed by atoms with E-state index in [-0.39, 0.29) is 36.8 Å². The molecule has 0 aromatic heterocycles. The fraction of sp³-hybridized carbons (Fsp3) is 0.345. The van der Waals surface area contributed by atoms with E-state index in [2.05, 4.69) is 0 Å². The summed E-state index contributed by atoms with van der Waals surface area (Å²) in [5.74, 6) is -1.11. The number of cyclic esters (lactones) is 1. The predicted molar refractivity (Wildman–Crippen MR) is 135 cm³/mol. The Labute approximate surface area is 206 Å². The van der Waals surface area contributed by atoms with Gasteiger partial charge in [-0.1, -0.05) is 86.6 Å². The molecule has 0 unspecified atom stereocenters. The van der Waals surface area contributed by atoms with Crippen molar-refractivity contribution in [2.24, 2.45) is 11.8 Å². The summed E-state index contributed by atoms with van der Waals surface area (Å²) in [6.07, 6.45) is -0.249. The largest absolute Gasteiger partial charge is 0.447 e. The molecule has 6 heteroatoms. The van der Waals surface area contributed by atoms with Crippen LogP contribution in [0, 0.1) is 11.8 Å². The van der Waals surface area contributed by atoms with E-state index in [9.17, 15) is 14.4 Å². The number of hydrogen-bond acceptors (Lipinski definition) is 4. The number of amides is 3. The first kappa shape index (κ1) is 24.5. The molecule has 4 rings (SSSR count). The summed E-state index contributed by atoms with van der Waals surface area (Å²) in [5.41, 5.74) is 2.00. The number of nitrogens with zero attached hydrogens (tertiary/aromatic N) is 2. The molecule has 1 heterocycles. The maximum absolute atomic E-state index is 13.8. The van der Waals surface area contributed by atoms with Gasteiger partial charge in [-0.2, -0.15) is 0 Å². The highest BCUT2D eigenvalue weighted by atomic mass is 16.6. The van der Waals surface area contributed by atoms with Crippen LogP contribution in [0.5, 0.6) is 0 Å². The van der Waals surface area contributed by atoms with Gasteiger partial charge < -0.3 is 9.64 Å². The second kappa shape index (κ2) is 10.7. The molecule has 1 fully saturated rings. The van der Waals surface area contributed by atoms with Crippen LogP contribution in [0.15, 0.2) is 72.8 Å². The van der Waals surface area contributed by atoms with Crippen LogP contribution in [0.2, 0.25) is 0 Å². The SMILES string of the molecule is CC(C)[C@H]1COC(=O)N1C(=O)[C@@H](CC(=O)N(C)Cc1ccccc1)Cc1cccc2ccccc12. The quantitative estimate of drug-likeness (QED) is 0.460. The van der Waals surface area contributed by atoms with E-state index in [4.69, 9.17) is 4.74 Å². The van der Waals surface area contributed by atoms with Crippen molar-refractivity contribution in [2.45, 2.75) is 39.3 Å². The molecule has 0 aliphatic carbocycles. The average molecular weight is 473 g/mol. The zero-order valence-electron chi connectivity index (χ0n) is 20.5. The predicted octanol–water partition coefficient (Wildman–Crippen LogP) is 5.05. The highest BCUT2D eigenvalue weighted by Gasteiger charge is 2.42. The van der Waals surface area contributed by atoms with Gasteiger partial charge in [-0.05, 0) is 34.2 Å². The summed E-state index contributed by atoms with van der Waals surface area (Å²) in [6.45, 7) is 4.57. The zero-order valence-corrected chi connectivity index (χ0v) is 20.5. The van der Waals surface area contributed by atoms with Gasteiger partial charge in [0.25, 0.3) is 0 Å². The van der Waals surface area contributed by atoms with E-state index in [1.165, 1.54) is 4.90 Å². The van der Waals surface area contributed by atoms with Crippen molar-refractivity contribution in [1.29, 1.82) is 0 Å². The van der Waals surface area contributed by atoms with E-state index in [1.807, 2.05) is 86.6 Å². The molecule has 0 bridgehead atoms. The highest BCUT2D eigenvalue weighted by molar-refractivity contribution is 5.97. The second-order valence-corrected chi connectivity index (χ2v) is 9.58. The summed E-state index contributed by atoms with van der Waals surface area (Å²) in [6, 6.07) is 23.4. The van der Waals surface area contributed by atoms with Gasteiger partial charge in [0, 0.05) is 20.0 Å². The minimum atomic E-state index is -0.682. The number of rotatable bonds is 8. The van der Waals surface area contributed by atoms with Crippen LogP contribution in [0.3, 0.4) is 0 Å². The number of fused-ring (bicyclic) bond motifs is 1. The van der Waals surface area contributed by atoms with Gasteiger partial charge in [-0.25, -0.2) is 9.69 Å². The smallest absolute Gasteiger partial charge is 0.416 e. The molecule has 3 aromatic rings. The van der Waals surface area contributed by atoms with Crippen LogP contribution in [0.4, 0.5) is 4.79 Å². The topological polar surface area (TPSA) is 66.9 Å². The summed E-state index contributed by atoms with van der Waals surface area (Å²) >= 11 is 0. The van der Waals surface area contributed by atoms with Gasteiger partial charge >= 0.3 is 6.09 Å². The summed E-state index contributed by atoms with van der Waals surface area (Å²) < 4.78 is 5.23. The van der Waals surface area contributed by atoms with E-state index >= 15 is 0 Å². The standard InChI is InChI=1S/C29H32N2O4/c1-20(2)26-19-35-29(34)31(26)28(33)24(16-23-14-9-13-22-12-7-8-15-25(22)23)17-27(32)30(3)18-21-10-5-4-6-11-21/h4-15,20,24,26H,16-19H2,1-3H3/t24-,26-/m1/s1. The van der Waals surface area contributed by atoms with Crippen molar-refractivity contribution in [2.75, 3.05) is 13.7 Å². The van der Waals surface area contributed by atoms with Gasteiger partial charge in [0.2, 0.25) is 11.8 Å². The van der Waals surface area contributed by atoms with E-state index in [1.54, 1.807) is 11.9 Å². The van der Waals surface area contributed by atoms with Crippen molar-refractivity contribution >= 4 is 28.7 Å². The van der Waals surface area contributed by atoms with Crippen LogP contribution in [-0.4, -0.2) is 47.4 Å². The van der Waals surface area contributed by atoms with Crippen LogP contribution >= 0.6 is 0 Å². The molecule has 0 radical (unpaired) electrons. The lowest BCUT2D eigenvalue weighted by atomic mass is 9.90. The van der Waals surface area contributed by atoms with Gasteiger partial charge in [0.15, 0.2) is 0 Å². The lowest BCUT2D eigenvalue weighted by molar-refractivity contribution is -0.140. The lowest BCUT2D eigenvalue weighted by Gasteiger charge is -2.28. The molecule has 1 aliphatic heterocycles. The third kappa shape index (κ3) is 5.53. The molecule has 0 spiro atoms. The normalized spacial score (nSPS) is 16.4. The molecule has 0 saturated carbocycles. The molecule has 2 atom stereocenters. The minimum Gasteiger partial charge on any atom is -0.447 e. The third-order valence-corrected chi connectivity index (χ3v) is 6.72. The Morgan fingerprint density at radius 1 is 1.00 bits per heavy atom. The number of benzene rings is 3. The molecule has 1 saturated heterocycles. The average Bonchev–Trinajstić information content (AvgIpc) is 3.25. The summed E-state index contributed by atoms with van der Waals surface area (Å²) in [4.78, 5) is 42.5. The maximum atomic E-state index is 13.8.